The number of fused-ring (bicyclic) bond motifs is 1. The Balaban J connectivity index is 1.40. The van der Waals surface area contributed by atoms with Gasteiger partial charge in [0.15, 0.2) is 10.8 Å². The van der Waals surface area contributed by atoms with Crippen molar-refractivity contribution in [2.45, 2.75) is 11.3 Å². The number of piperazine rings is 1. The third kappa shape index (κ3) is 4.29. The summed E-state index contributed by atoms with van der Waals surface area (Å²) in [6, 6.07) is 2.54. The van der Waals surface area contributed by atoms with E-state index in [1.165, 1.54) is 0 Å². The third-order valence-corrected chi connectivity index (χ3v) is 5.75. The maximum Gasteiger partial charge on any atom is 0.417 e. The van der Waals surface area contributed by atoms with Crippen molar-refractivity contribution in [2.75, 3.05) is 36.8 Å². The number of thioether (sulfide) groups is 1. The van der Waals surface area contributed by atoms with Crippen molar-refractivity contribution in [3.8, 4) is 0 Å². The lowest BCUT2D eigenvalue weighted by atomic mass is 10.3. The Morgan fingerprint density at radius 2 is 1.83 bits per heavy atom. The van der Waals surface area contributed by atoms with Crippen molar-refractivity contribution in [1.82, 2.24) is 29.5 Å². The zero-order chi connectivity index (χ0) is 21.3. The Hall–Kier alpha value is -2.60. The fourth-order valence-electron chi connectivity index (χ4n) is 3.02. The predicted molar refractivity (Wildman–Crippen MR) is 105 cm³/mol. The van der Waals surface area contributed by atoms with Gasteiger partial charge < -0.3 is 9.80 Å². The molecule has 0 spiro atoms. The second-order valence-corrected chi connectivity index (χ2v) is 7.81. The first-order chi connectivity index (χ1) is 14.3. The molecule has 1 fully saturated rings. The van der Waals surface area contributed by atoms with Gasteiger partial charge in [0.05, 0.1) is 16.3 Å². The number of aromatic nitrogens is 5. The molecule has 3 aromatic rings. The average molecular weight is 458 g/mol. The van der Waals surface area contributed by atoms with Gasteiger partial charge in [-0.15, -0.1) is 10.2 Å². The van der Waals surface area contributed by atoms with Gasteiger partial charge in [0, 0.05) is 44.8 Å². The molecule has 4 rings (SSSR count). The van der Waals surface area contributed by atoms with Crippen molar-refractivity contribution >= 4 is 40.9 Å². The van der Waals surface area contributed by atoms with Crippen LogP contribution in [0.2, 0.25) is 5.02 Å². The van der Waals surface area contributed by atoms with E-state index in [0.29, 0.717) is 32.1 Å². The first kappa shape index (κ1) is 20.7. The number of hydrogen-bond acceptors (Lipinski definition) is 7. The molecule has 0 aliphatic carbocycles. The van der Waals surface area contributed by atoms with Gasteiger partial charge in [-0.3, -0.25) is 9.20 Å². The molecule has 1 aliphatic heterocycles. The molecular weight excluding hydrogens is 443 g/mol. The molecule has 0 unspecified atom stereocenters. The van der Waals surface area contributed by atoms with E-state index in [4.69, 9.17) is 11.6 Å². The van der Waals surface area contributed by atoms with Gasteiger partial charge in [-0.2, -0.15) is 13.2 Å². The van der Waals surface area contributed by atoms with Gasteiger partial charge in [-0.05, 0) is 12.1 Å². The lowest BCUT2D eigenvalue weighted by Crippen LogP contribution is -2.49. The van der Waals surface area contributed by atoms with E-state index in [2.05, 4.69) is 20.2 Å². The summed E-state index contributed by atoms with van der Waals surface area (Å²) in [6.45, 7) is 2.20. The van der Waals surface area contributed by atoms with Crippen molar-refractivity contribution in [1.29, 1.82) is 0 Å². The highest BCUT2D eigenvalue weighted by Crippen LogP contribution is 2.33. The highest BCUT2D eigenvalue weighted by molar-refractivity contribution is 7.99. The number of hydrogen-bond donors (Lipinski definition) is 0. The summed E-state index contributed by atoms with van der Waals surface area (Å²) in [4.78, 5) is 24.6. The van der Waals surface area contributed by atoms with Gasteiger partial charge in [-0.1, -0.05) is 23.4 Å². The smallest absolute Gasteiger partial charge is 0.338 e. The molecule has 30 heavy (non-hydrogen) atoms. The molecule has 0 bridgehead atoms. The van der Waals surface area contributed by atoms with Gasteiger partial charge in [0.1, 0.15) is 0 Å². The highest BCUT2D eigenvalue weighted by Gasteiger charge is 2.32. The number of amides is 1. The first-order valence-corrected chi connectivity index (χ1v) is 10.2. The molecule has 0 radical (unpaired) electrons. The zero-order valence-electron chi connectivity index (χ0n) is 15.4. The summed E-state index contributed by atoms with van der Waals surface area (Å²) in [5.41, 5.74) is -0.802. The molecule has 1 amide bonds. The molecule has 4 heterocycles. The van der Waals surface area contributed by atoms with Crippen molar-refractivity contribution in [3.63, 3.8) is 0 Å². The van der Waals surface area contributed by atoms with Crippen LogP contribution in [0.25, 0.3) is 5.65 Å². The normalized spacial score (nSPS) is 15.1. The van der Waals surface area contributed by atoms with Gasteiger partial charge in [0.2, 0.25) is 11.9 Å². The van der Waals surface area contributed by atoms with Crippen LogP contribution in [0.4, 0.5) is 19.1 Å². The van der Waals surface area contributed by atoms with E-state index in [-0.39, 0.29) is 27.5 Å². The topological polar surface area (TPSA) is 79.5 Å². The van der Waals surface area contributed by atoms with Crippen LogP contribution in [0.5, 0.6) is 0 Å². The largest absolute Gasteiger partial charge is 0.417 e. The molecule has 13 heteroatoms. The summed E-state index contributed by atoms with van der Waals surface area (Å²) in [5.74, 6) is 0.506. The molecule has 1 saturated heterocycles. The number of carbonyl (C=O) groups is 1. The van der Waals surface area contributed by atoms with Crippen LogP contribution >= 0.6 is 23.4 Å². The van der Waals surface area contributed by atoms with Crippen LogP contribution in [0.1, 0.15) is 5.56 Å². The summed E-state index contributed by atoms with van der Waals surface area (Å²) < 4.78 is 40.3. The van der Waals surface area contributed by atoms with Crippen LogP contribution in [0.3, 0.4) is 0 Å². The number of halogens is 4. The van der Waals surface area contributed by atoms with Crippen molar-refractivity contribution < 1.29 is 18.0 Å². The Kier molecular flexibility index (Phi) is 5.69. The molecule has 158 valence electrons. The number of alkyl halides is 3. The Morgan fingerprint density at radius 3 is 2.50 bits per heavy atom. The predicted octanol–water partition coefficient (Wildman–Crippen LogP) is 2.63. The Morgan fingerprint density at radius 1 is 1.13 bits per heavy atom. The fourth-order valence-corrected chi connectivity index (χ4v) is 4.07. The maximum absolute atomic E-state index is 13.1. The van der Waals surface area contributed by atoms with Crippen molar-refractivity contribution in [2.24, 2.45) is 0 Å². The summed E-state index contributed by atoms with van der Waals surface area (Å²) in [5, 5.41) is 7.71. The molecule has 0 N–H and O–H groups in total. The van der Waals surface area contributed by atoms with Gasteiger partial charge in [0.25, 0.3) is 0 Å². The highest BCUT2D eigenvalue weighted by atomic mass is 35.5. The number of rotatable bonds is 4. The molecular formula is C17H15ClF3N7OS. The first-order valence-electron chi connectivity index (χ1n) is 8.87. The van der Waals surface area contributed by atoms with Crippen LogP contribution in [-0.2, 0) is 11.0 Å². The fraction of sp³-hybridized carbons (Fsp3) is 0.353. The minimum absolute atomic E-state index is 0.0243. The molecule has 0 atom stereocenters. The third-order valence-electron chi connectivity index (χ3n) is 4.55. The Labute approximate surface area is 178 Å². The number of carbonyl (C=O) groups excluding carboxylic acids is 1. The lowest BCUT2D eigenvalue weighted by Gasteiger charge is -2.34. The minimum Gasteiger partial charge on any atom is -0.338 e. The van der Waals surface area contributed by atoms with Crippen LogP contribution in [0.15, 0.2) is 35.9 Å². The van der Waals surface area contributed by atoms with E-state index in [1.807, 2.05) is 4.90 Å². The lowest BCUT2D eigenvalue weighted by molar-refractivity contribution is -0.138. The molecule has 0 aromatic carbocycles. The maximum atomic E-state index is 13.1. The standard InChI is InChI=1S/C17H15ClF3N7OS/c18-12-8-11(17(19,20)21)9-28-14(12)24-25-16(28)30-10-13(29)26-4-6-27(7-5-26)15-22-2-1-3-23-15/h1-3,8-9H,4-7,10H2. The SMILES string of the molecule is O=C(CSc1nnc2c(Cl)cc(C(F)(F)F)cn12)N1CCN(c2ncccn2)CC1. The number of pyridine rings is 1. The minimum atomic E-state index is -4.55. The van der Waals surface area contributed by atoms with Gasteiger partial charge >= 0.3 is 6.18 Å². The Bertz CT molecular complexity index is 1050. The quantitative estimate of drug-likeness (QED) is 0.557. The van der Waals surface area contributed by atoms with Crippen LogP contribution in [-0.4, -0.2) is 67.3 Å². The van der Waals surface area contributed by atoms with E-state index >= 15 is 0 Å². The van der Waals surface area contributed by atoms with Crippen LogP contribution in [0, 0.1) is 0 Å². The van der Waals surface area contributed by atoms with Gasteiger partial charge in [-0.25, -0.2) is 9.97 Å². The number of anilines is 1. The molecule has 3 aromatic heterocycles. The van der Waals surface area contributed by atoms with E-state index in [9.17, 15) is 18.0 Å². The molecule has 1 aliphatic rings. The second kappa shape index (κ2) is 8.26. The number of nitrogens with zero attached hydrogens (tertiary/aromatic N) is 7. The summed E-state index contributed by atoms with van der Waals surface area (Å²) in [7, 11) is 0. The zero-order valence-corrected chi connectivity index (χ0v) is 17.0. The molecule has 8 nitrogen and oxygen atoms in total. The van der Waals surface area contributed by atoms with Crippen LogP contribution < -0.4 is 4.90 Å². The van der Waals surface area contributed by atoms with E-state index < -0.39 is 11.7 Å². The summed E-state index contributed by atoms with van der Waals surface area (Å²) in [6.07, 6.45) is -0.347. The summed E-state index contributed by atoms with van der Waals surface area (Å²) >= 11 is 6.93. The van der Waals surface area contributed by atoms with Crippen molar-refractivity contribution in [3.05, 3.63) is 41.3 Å². The van der Waals surface area contributed by atoms with E-state index in [0.717, 1.165) is 28.4 Å². The average Bonchev–Trinajstić information content (AvgIpc) is 3.16. The second-order valence-electron chi connectivity index (χ2n) is 6.46. The van der Waals surface area contributed by atoms with E-state index in [1.54, 1.807) is 23.4 Å². The molecule has 0 saturated carbocycles. The monoisotopic (exact) mass is 457 g/mol.